The SMILES string of the molecule is CCc1ccc(NC(=O)Cc2csc(NC(=O)Nc3cccc(Cl)c3)n2)cc1. The molecule has 0 aliphatic heterocycles. The van der Waals surface area contributed by atoms with Crippen LogP contribution in [-0.4, -0.2) is 16.9 Å². The first-order chi connectivity index (χ1) is 13.5. The first-order valence-electron chi connectivity index (χ1n) is 8.68. The van der Waals surface area contributed by atoms with Gasteiger partial charge in [-0.05, 0) is 42.3 Å². The predicted octanol–water partition coefficient (Wildman–Crippen LogP) is 5.18. The van der Waals surface area contributed by atoms with Crippen molar-refractivity contribution in [2.75, 3.05) is 16.0 Å². The minimum atomic E-state index is -0.427. The Bertz CT molecular complexity index is 972. The van der Waals surface area contributed by atoms with Gasteiger partial charge in [0.05, 0.1) is 12.1 Å². The first kappa shape index (κ1) is 19.9. The molecule has 0 aliphatic rings. The van der Waals surface area contributed by atoms with E-state index in [1.54, 1.807) is 29.6 Å². The van der Waals surface area contributed by atoms with Gasteiger partial charge in [-0.1, -0.05) is 36.7 Å². The van der Waals surface area contributed by atoms with Gasteiger partial charge in [0.25, 0.3) is 0 Å². The number of benzene rings is 2. The van der Waals surface area contributed by atoms with Gasteiger partial charge in [0, 0.05) is 21.8 Å². The summed E-state index contributed by atoms with van der Waals surface area (Å²) in [5, 5.41) is 10.9. The zero-order chi connectivity index (χ0) is 19.9. The topological polar surface area (TPSA) is 83.1 Å². The van der Waals surface area contributed by atoms with Crippen LogP contribution in [0.15, 0.2) is 53.9 Å². The first-order valence-corrected chi connectivity index (χ1v) is 9.94. The van der Waals surface area contributed by atoms with Crippen molar-refractivity contribution in [1.29, 1.82) is 0 Å². The smallest absolute Gasteiger partial charge is 0.325 e. The summed E-state index contributed by atoms with van der Waals surface area (Å²) in [5.74, 6) is -0.163. The number of carbonyl (C=O) groups is 2. The van der Waals surface area contributed by atoms with Crippen LogP contribution in [0.2, 0.25) is 5.02 Å². The molecule has 0 fully saturated rings. The quantitative estimate of drug-likeness (QED) is 0.519. The fraction of sp³-hybridized carbons (Fsp3) is 0.150. The van der Waals surface area contributed by atoms with Crippen molar-refractivity contribution in [2.24, 2.45) is 0 Å². The van der Waals surface area contributed by atoms with E-state index in [0.717, 1.165) is 12.1 Å². The highest BCUT2D eigenvalue weighted by Gasteiger charge is 2.10. The third-order valence-corrected chi connectivity index (χ3v) is 4.88. The second-order valence-electron chi connectivity index (χ2n) is 6.01. The number of aromatic nitrogens is 1. The number of amides is 3. The van der Waals surface area contributed by atoms with Crippen molar-refractivity contribution in [3.05, 3.63) is 70.2 Å². The Morgan fingerprint density at radius 1 is 1.04 bits per heavy atom. The average molecular weight is 415 g/mol. The van der Waals surface area contributed by atoms with Gasteiger partial charge in [-0.15, -0.1) is 11.3 Å². The molecule has 3 aromatic rings. The summed E-state index contributed by atoms with van der Waals surface area (Å²) >= 11 is 7.15. The number of urea groups is 1. The molecule has 3 amide bonds. The number of nitrogens with zero attached hydrogens (tertiary/aromatic N) is 1. The van der Waals surface area contributed by atoms with E-state index in [4.69, 9.17) is 11.6 Å². The van der Waals surface area contributed by atoms with E-state index in [9.17, 15) is 9.59 Å². The molecule has 3 N–H and O–H groups in total. The van der Waals surface area contributed by atoms with Crippen LogP contribution in [0.4, 0.5) is 21.3 Å². The molecule has 0 saturated carbocycles. The van der Waals surface area contributed by atoms with Gasteiger partial charge >= 0.3 is 6.03 Å². The molecule has 0 spiro atoms. The maximum absolute atomic E-state index is 12.2. The van der Waals surface area contributed by atoms with Crippen LogP contribution in [0.25, 0.3) is 0 Å². The van der Waals surface area contributed by atoms with Crippen molar-refractivity contribution in [2.45, 2.75) is 19.8 Å². The lowest BCUT2D eigenvalue weighted by atomic mass is 10.1. The Hall–Kier alpha value is -2.90. The zero-order valence-electron chi connectivity index (χ0n) is 15.2. The number of anilines is 3. The molecular formula is C20H19ClN4O2S. The highest BCUT2D eigenvalue weighted by atomic mass is 35.5. The van der Waals surface area contributed by atoms with E-state index in [1.807, 2.05) is 24.3 Å². The molecule has 0 aliphatic carbocycles. The molecule has 8 heteroatoms. The molecule has 6 nitrogen and oxygen atoms in total. The van der Waals surface area contributed by atoms with E-state index < -0.39 is 6.03 Å². The Labute approximate surface area is 172 Å². The summed E-state index contributed by atoms with van der Waals surface area (Å²) in [4.78, 5) is 28.5. The molecule has 1 heterocycles. The molecule has 3 rings (SSSR count). The minimum absolute atomic E-state index is 0.129. The highest BCUT2D eigenvalue weighted by Crippen LogP contribution is 2.18. The fourth-order valence-corrected chi connectivity index (χ4v) is 3.36. The third-order valence-electron chi connectivity index (χ3n) is 3.84. The molecule has 2 aromatic carbocycles. The monoisotopic (exact) mass is 414 g/mol. The van der Waals surface area contributed by atoms with Crippen LogP contribution in [0.1, 0.15) is 18.2 Å². The van der Waals surface area contributed by atoms with Gasteiger partial charge < -0.3 is 10.6 Å². The van der Waals surface area contributed by atoms with E-state index in [0.29, 0.717) is 21.5 Å². The van der Waals surface area contributed by atoms with Crippen molar-refractivity contribution < 1.29 is 9.59 Å². The van der Waals surface area contributed by atoms with E-state index in [-0.39, 0.29) is 12.3 Å². The molecule has 28 heavy (non-hydrogen) atoms. The Morgan fingerprint density at radius 3 is 2.54 bits per heavy atom. The lowest BCUT2D eigenvalue weighted by Gasteiger charge is -2.06. The lowest BCUT2D eigenvalue weighted by molar-refractivity contribution is -0.115. The summed E-state index contributed by atoms with van der Waals surface area (Å²) in [6, 6.07) is 14.1. The molecule has 0 saturated heterocycles. The van der Waals surface area contributed by atoms with Crippen LogP contribution in [0, 0.1) is 0 Å². The molecule has 0 radical (unpaired) electrons. The van der Waals surface area contributed by atoms with Gasteiger partial charge in [-0.25, -0.2) is 9.78 Å². The van der Waals surface area contributed by atoms with Crippen LogP contribution in [0.5, 0.6) is 0 Å². The van der Waals surface area contributed by atoms with E-state index >= 15 is 0 Å². The van der Waals surface area contributed by atoms with Crippen LogP contribution in [0.3, 0.4) is 0 Å². The summed E-state index contributed by atoms with van der Waals surface area (Å²) in [6.45, 7) is 2.08. The molecule has 1 aromatic heterocycles. The van der Waals surface area contributed by atoms with Crippen molar-refractivity contribution in [3.63, 3.8) is 0 Å². The number of rotatable bonds is 6. The number of aryl methyl sites for hydroxylation is 1. The summed E-state index contributed by atoms with van der Waals surface area (Å²) in [5.41, 5.74) is 3.13. The van der Waals surface area contributed by atoms with Gasteiger partial charge in [0.1, 0.15) is 0 Å². The number of thiazole rings is 1. The molecule has 0 atom stereocenters. The summed E-state index contributed by atoms with van der Waals surface area (Å²) in [7, 11) is 0. The van der Waals surface area contributed by atoms with E-state index in [2.05, 4.69) is 27.9 Å². The number of nitrogens with one attached hydrogen (secondary N) is 3. The van der Waals surface area contributed by atoms with E-state index in [1.165, 1.54) is 16.9 Å². The van der Waals surface area contributed by atoms with Crippen molar-refractivity contribution >= 4 is 51.4 Å². The molecule has 0 unspecified atom stereocenters. The summed E-state index contributed by atoms with van der Waals surface area (Å²) in [6.07, 6.45) is 1.08. The van der Waals surface area contributed by atoms with Gasteiger partial charge in [0.15, 0.2) is 5.13 Å². The number of hydrogen-bond acceptors (Lipinski definition) is 4. The van der Waals surface area contributed by atoms with Crippen LogP contribution >= 0.6 is 22.9 Å². The van der Waals surface area contributed by atoms with Crippen LogP contribution in [-0.2, 0) is 17.6 Å². The third kappa shape index (κ3) is 5.80. The second-order valence-corrected chi connectivity index (χ2v) is 7.30. The van der Waals surface area contributed by atoms with Gasteiger partial charge in [-0.3, -0.25) is 10.1 Å². The minimum Gasteiger partial charge on any atom is -0.326 e. The highest BCUT2D eigenvalue weighted by molar-refractivity contribution is 7.14. The Balaban J connectivity index is 1.51. The van der Waals surface area contributed by atoms with Crippen LogP contribution < -0.4 is 16.0 Å². The maximum atomic E-state index is 12.2. The van der Waals surface area contributed by atoms with Gasteiger partial charge in [0.2, 0.25) is 5.91 Å². The summed E-state index contributed by atoms with van der Waals surface area (Å²) < 4.78 is 0. The second kappa shape index (κ2) is 9.34. The van der Waals surface area contributed by atoms with Gasteiger partial charge in [-0.2, -0.15) is 0 Å². The Kier molecular flexibility index (Phi) is 6.62. The number of carbonyl (C=O) groups excluding carboxylic acids is 2. The fourth-order valence-electron chi connectivity index (χ4n) is 2.46. The molecular weight excluding hydrogens is 396 g/mol. The lowest BCUT2D eigenvalue weighted by Crippen LogP contribution is -2.19. The van der Waals surface area contributed by atoms with Crippen molar-refractivity contribution in [1.82, 2.24) is 4.98 Å². The Morgan fingerprint density at radius 2 is 1.82 bits per heavy atom. The zero-order valence-corrected chi connectivity index (χ0v) is 16.7. The average Bonchev–Trinajstić information content (AvgIpc) is 3.08. The number of hydrogen-bond donors (Lipinski definition) is 3. The maximum Gasteiger partial charge on any atom is 0.325 e. The predicted molar refractivity (Wildman–Crippen MR) is 114 cm³/mol. The molecule has 0 bridgehead atoms. The largest absolute Gasteiger partial charge is 0.326 e. The standard InChI is InChI=1S/C20H19ClN4O2S/c1-2-13-6-8-15(9-7-13)22-18(26)11-17-12-28-20(24-17)25-19(27)23-16-5-3-4-14(21)10-16/h3-10,12H,2,11H2,1H3,(H,22,26)(H2,23,24,25,27). The number of halogens is 1. The normalized spacial score (nSPS) is 10.4. The molecule has 144 valence electrons. The van der Waals surface area contributed by atoms with Crippen molar-refractivity contribution in [3.8, 4) is 0 Å².